The number of hydrogen-bond acceptors (Lipinski definition) is 7. The van der Waals surface area contributed by atoms with E-state index in [0.29, 0.717) is 22.4 Å². The molecule has 2 amide bonds. The van der Waals surface area contributed by atoms with Crippen LogP contribution < -0.4 is 15.4 Å². The number of thioether (sulfide) groups is 1. The highest BCUT2D eigenvalue weighted by Gasteiger charge is 2.17. The minimum absolute atomic E-state index is 0.0483. The molecule has 190 valence electrons. The van der Waals surface area contributed by atoms with Crippen LogP contribution in [0.5, 0.6) is 5.75 Å². The van der Waals surface area contributed by atoms with E-state index >= 15 is 0 Å². The third-order valence-electron chi connectivity index (χ3n) is 5.52. The Hall–Kier alpha value is -4.18. The number of hydrogen-bond donors (Lipinski definition) is 2. The summed E-state index contributed by atoms with van der Waals surface area (Å²) in [6, 6.07) is 14.7. The third-order valence-corrected chi connectivity index (χ3v) is 6.48. The number of ether oxygens (including phenoxy) is 1. The molecule has 4 rings (SSSR count). The number of benzene rings is 2. The van der Waals surface area contributed by atoms with E-state index in [0.717, 1.165) is 27.9 Å². The highest BCUT2D eigenvalue weighted by Crippen LogP contribution is 2.24. The Bertz CT molecular complexity index is 1380. The normalized spacial score (nSPS) is 10.7. The molecule has 0 saturated heterocycles. The highest BCUT2D eigenvalue weighted by molar-refractivity contribution is 7.99. The summed E-state index contributed by atoms with van der Waals surface area (Å²) in [7, 11) is 1.59. The van der Waals surface area contributed by atoms with Crippen LogP contribution in [0.2, 0.25) is 0 Å². The van der Waals surface area contributed by atoms with Crippen molar-refractivity contribution in [3.8, 4) is 17.1 Å². The van der Waals surface area contributed by atoms with Gasteiger partial charge in [0.25, 0.3) is 0 Å². The fourth-order valence-corrected chi connectivity index (χ4v) is 4.59. The third kappa shape index (κ3) is 6.73. The number of amides is 2. The monoisotopic (exact) mass is 516 g/mol. The summed E-state index contributed by atoms with van der Waals surface area (Å²) in [5.41, 5.74) is 5.34. The minimum Gasteiger partial charge on any atom is -0.497 e. The molecule has 0 saturated carbocycles. The second-order valence-electron chi connectivity index (χ2n) is 8.50. The number of carbonyl (C=O) groups excluding carboxylic acids is 2. The minimum atomic E-state index is -0.231. The number of nitrogens with zero attached hydrogens (tertiary/aromatic N) is 4. The number of rotatable bonds is 9. The van der Waals surface area contributed by atoms with E-state index in [1.807, 2.05) is 32.9 Å². The number of aryl methyl sites for hydroxylation is 3. The van der Waals surface area contributed by atoms with E-state index in [1.165, 1.54) is 16.4 Å². The Morgan fingerprint density at radius 2 is 1.62 bits per heavy atom. The molecule has 0 aliphatic heterocycles. The molecule has 2 aromatic heterocycles. The molecule has 0 radical (unpaired) electrons. The molecule has 37 heavy (non-hydrogen) atoms. The van der Waals surface area contributed by atoms with Gasteiger partial charge in [0.1, 0.15) is 12.3 Å². The average molecular weight is 517 g/mol. The lowest BCUT2D eigenvalue weighted by atomic mass is 10.1. The molecule has 0 atom stereocenters. The van der Waals surface area contributed by atoms with Gasteiger partial charge in [-0.3, -0.25) is 14.6 Å². The van der Waals surface area contributed by atoms with E-state index in [-0.39, 0.29) is 24.1 Å². The van der Waals surface area contributed by atoms with Gasteiger partial charge >= 0.3 is 0 Å². The number of aromatic nitrogens is 4. The van der Waals surface area contributed by atoms with Gasteiger partial charge in [-0.25, -0.2) is 9.67 Å². The van der Waals surface area contributed by atoms with Crippen LogP contribution in [0.4, 0.5) is 11.4 Å². The first-order valence-electron chi connectivity index (χ1n) is 11.6. The van der Waals surface area contributed by atoms with Crippen molar-refractivity contribution in [3.05, 3.63) is 77.6 Å². The van der Waals surface area contributed by atoms with Gasteiger partial charge in [0.2, 0.25) is 11.8 Å². The van der Waals surface area contributed by atoms with E-state index < -0.39 is 0 Å². The Kier molecular flexibility index (Phi) is 8.19. The summed E-state index contributed by atoms with van der Waals surface area (Å²) >= 11 is 1.21. The Morgan fingerprint density at radius 1 is 0.946 bits per heavy atom. The molecule has 0 fully saturated rings. The zero-order chi connectivity index (χ0) is 26.4. The molecule has 2 N–H and O–H groups in total. The van der Waals surface area contributed by atoms with Gasteiger partial charge in [0.05, 0.1) is 12.9 Å². The van der Waals surface area contributed by atoms with Gasteiger partial charge in [-0.1, -0.05) is 29.5 Å². The lowest BCUT2D eigenvalue weighted by molar-refractivity contribution is -0.117. The van der Waals surface area contributed by atoms with Crippen LogP contribution in [0, 0.1) is 20.8 Å². The first-order chi connectivity index (χ1) is 17.8. The van der Waals surface area contributed by atoms with Crippen LogP contribution in [-0.4, -0.2) is 44.4 Å². The summed E-state index contributed by atoms with van der Waals surface area (Å²) in [5.74, 6) is 0.823. The summed E-state index contributed by atoms with van der Waals surface area (Å²) in [6.07, 6.45) is 3.31. The predicted octanol–water partition coefficient (Wildman–Crippen LogP) is 4.64. The SMILES string of the molecule is COc1ccc(NC(=O)CSc2nc(-c3ccncc3)nn2CC(=O)Nc2c(C)cc(C)cc2C)cc1. The molecule has 0 spiro atoms. The number of carbonyl (C=O) groups is 2. The van der Waals surface area contributed by atoms with Crippen LogP contribution in [0.25, 0.3) is 11.4 Å². The van der Waals surface area contributed by atoms with Crippen molar-refractivity contribution < 1.29 is 14.3 Å². The number of methoxy groups -OCH3 is 1. The molecular weight excluding hydrogens is 488 g/mol. The summed E-state index contributed by atoms with van der Waals surface area (Å²) in [6.45, 7) is 5.91. The summed E-state index contributed by atoms with van der Waals surface area (Å²) < 4.78 is 6.67. The fourth-order valence-electron chi connectivity index (χ4n) is 3.85. The fraction of sp³-hybridized carbons (Fsp3) is 0.222. The van der Waals surface area contributed by atoms with Crippen LogP contribution >= 0.6 is 11.8 Å². The maximum Gasteiger partial charge on any atom is 0.246 e. The van der Waals surface area contributed by atoms with Gasteiger partial charge in [-0.05, 0) is 68.3 Å². The average Bonchev–Trinajstić information content (AvgIpc) is 3.28. The molecule has 4 aromatic rings. The van der Waals surface area contributed by atoms with Gasteiger partial charge in [-0.15, -0.1) is 5.10 Å². The lowest BCUT2D eigenvalue weighted by Crippen LogP contribution is -2.21. The Balaban J connectivity index is 1.49. The standard InChI is InChI=1S/C27H28N6O3S/c1-17-13-18(2)25(19(3)14-17)30-23(34)15-33-27(31-26(32-33)20-9-11-28-12-10-20)37-16-24(35)29-21-5-7-22(36-4)8-6-21/h5-14H,15-16H2,1-4H3,(H,29,35)(H,30,34). The first kappa shape index (κ1) is 25.9. The van der Waals surface area contributed by atoms with E-state index in [4.69, 9.17) is 4.74 Å². The van der Waals surface area contributed by atoms with Crippen molar-refractivity contribution in [3.63, 3.8) is 0 Å². The van der Waals surface area contributed by atoms with Crippen LogP contribution in [0.1, 0.15) is 16.7 Å². The Labute approximate surface area is 219 Å². The molecule has 0 aliphatic rings. The van der Waals surface area contributed by atoms with Gasteiger partial charge in [0, 0.05) is 29.3 Å². The predicted molar refractivity (Wildman–Crippen MR) is 145 cm³/mol. The number of pyridine rings is 1. The van der Waals surface area contributed by atoms with Crippen LogP contribution in [0.3, 0.4) is 0 Å². The van der Waals surface area contributed by atoms with E-state index in [9.17, 15) is 9.59 Å². The molecule has 10 heteroatoms. The Morgan fingerprint density at radius 3 is 2.27 bits per heavy atom. The van der Waals surface area contributed by atoms with Crippen molar-refractivity contribution in [1.82, 2.24) is 19.7 Å². The molecule has 0 unspecified atom stereocenters. The number of nitrogens with one attached hydrogen (secondary N) is 2. The maximum absolute atomic E-state index is 13.0. The zero-order valence-electron chi connectivity index (χ0n) is 21.1. The summed E-state index contributed by atoms with van der Waals surface area (Å²) in [4.78, 5) is 34.2. The first-order valence-corrected chi connectivity index (χ1v) is 12.6. The smallest absolute Gasteiger partial charge is 0.246 e. The van der Waals surface area contributed by atoms with Crippen molar-refractivity contribution in [1.29, 1.82) is 0 Å². The van der Waals surface area contributed by atoms with Crippen molar-refractivity contribution >= 4 is 35.0 Å². The zero-order valence-corrected chi connectivity index (χ0v) is 21.9. The topological polar surface area (TPSA) is 111 Å². The molecular formula is C27H28N6O3S. The largest absolute Gasteiger partial charge is 0.497 e. The molecule has 0 aliphatic carbocycles. The molecule has 0 bridgehead atoms. The van der Waals surface area contributed by atoms with Gasteiger partial charge in [-0.2, -0.15) is 0 Å². The van der Waals surface area contributed by atoms with Crippen molar-refractivity contribution in [2.45, 2.75) is 32.5 Å². The van der Waals surface area contributed by atoms with Crippen LogP contribution in [-0.2, 0) is 16.1 Å². The van der Waals surface area contributed by atoms with E-state index in [1.54, 1.807) is 55.9 Å². The maximum atomic E-state index is 13.0. The number of anilines is 2. The second kappa shape index (κ2) is 11.7. The van der Waals surface area contributed by atoms with Gasteiger partial charge < -0.3 is 15.4 Å². The van der Waals surface area contributed by atoms with Crippen LogP contribution in [0.15, 0.2) is 66.1 Å². The summed E-state index contributed by atoms with van der Waals surface area (Å²) in [5, 5.41) is 10.9. The lowest BCUT2D eigenvalue weighted by Gasteiger charge is -2.13. The van der Waals surface area contributed by atoms with E-state index in [2.05, 4.69) is 25.7 Å². The van der Waals surface area contributed by atoms with Crippen molar-refractivity contribution in [2.75, 3.05) is 23.5 Å². The highest BCUT2D eigenvalue weighted by atomic mass is 32.2. The van der Waals surface area contributed by atoms with Crippen molar-refractivity contribution in [2.24, 2.45) is 0 Å². The molecule has 2 heterocycles. The quantitative estimate of drug-likeness (QED) is 0.312. The molecule has 9 nitrogen and oxygen atoms in total. The van der Waals surface area contributed by atoms with Gasteiger partial charge in [0.15, 0.2) is 11.0 Å². The second-order valence-corrected chi connectivity index (χ2v) is 9.44. The molecule has 2 aromatic carbocycles.